The fourth-order valence-corrected chi connectivity index (χ4v) is 3.49. The molecule has 2 aromatic carbocycles. The normalized spacial score (nSPS) is 10.6. The van der Waals surface area contributed by atoms with Gasteiger partial charge in [-0.05, 0) is 42.5 Å². The van der Waals surface area contributed by atoms with Gasteiger partial charge >= 0.3 is 0 Å². The molecular formula is C20H13FN4O2S. The SMILES string of the molecule is O=C(Nc1ccccc1C(=O)Nc1nc2ccc(F)cc2s1)c1ccncc1. The Balaban J connectivity index is 1.56. The molecule has 0 saturated carbocycles. The first-order chi connectivity index (χ1) is 13.6. The molecule has 0 aliphatic carbocycles. The van der Waals surface area contributed by atoms with Crippen molar-refractivity contribution in [2.45, 2.75) is 0 Å². The van der Waals surface area contributed by atoms with Crippen molar-refractivity contribution in [3.05, 3.63) is 83.9 Å². The molecule has 138 valence electrons. The van der Waals surface area contributed by atoms with Gasteiger partial charge < -0.3 is 5.32 Å². The van der Waals surface area contributed by atoms with Crippen molar-refractivity contribution in [3.63, 3.8) is 0 Å². The number of para-hydroxylation sites is 1. The summed E-state index contributed by atoms with van der Waals surface area (Å²) in [5.41, 5.74) is 1.68. The topological polar surface area (TPSA) is 84.0 Å². The minimum atomic E-state index is -0.426. The van der Waals surface area contributed by atoms with Crippen LogP contribution in [-0.2, 0) is 0 Å². The lowest BCUT2D eigenvalue weighted by atomic mass is 10.1. The minimum absolute atomic E-state index is 0.287. The predicted molar refractivity (Wildman–Crippen MR) is 106 cm³/mol. The molecule has 0 fully saturated rings. The van der Waals surface area contributed by atoms with Gasteiger partial charge in [0.25, 0.3) is 11.8 Å². The van der Waals surface area contributed by atoms with E-state index in [1.165, 1.54) is 35.9 Å². The van der Waals surface area contributed by atoms with Crippen LogP contribution in [0.4, 0.5) is 15.2 Å². The van der Waals surface area contributed by atoms with Gasteiger partial charge in [-0.3, -0.25) is 19.9 Å². The second-order valence-corrected chi connectivity index (χ2v) is 6.85. The predicted octanol–water partition coefficient (Wildman–Crippen LogP) is 4.34. The molecule has 6 nitrogen and oxygen atoms in total. The second kappa shape index (κ2) is 7.53. The highest BCUT2D eigenvalue weighted by Gasteiger charge is 2.16. The molecule has 4 rings (SSSR count). The third kappa shape index (κ3) is 3.72. The number of pyridine rings is 1. The first kappa shape index (κ1) is 17.7. The van der Waals surface area contributed by atoms with Crippen LogP contribution < -0.4 is 10.6 Å². The van der Waals surface area contributed by atoms with Crippen LogP contribution in [0, 0.1) is 5.82 Å². The summed E-state index contributed by atoms with van der Waals surface area (Å²) in [6.45, 7) is 0. The number of carbonyl (C=O) groups is 2. The van der Waals surface area contributed by atoms with E-state index in [4.69, 9.17) is 0 Å². The van der Waals surface area contributed by atoms with Crippen molar-refractivity contribution in [3.8, 4) is 0 Å². The maximum atomic E-state index is 13.3. The average molecular weight is 392 g/mol. The Kier molecular flexibility index (Phi) is 4.77. The average Bonchev–Trinajstić information content (AvgIpc) is 3.10. The van der Waals surface area contributed by atoms with Gasteiger partial charge in [0.05, 0.1) is 21.5 Å². The molecule has 28 heavy (non-hydrogen) atoms. The molecular weight excluding hydrogens is 379 g/mol. The zero-order chi connectivity index (χ0) is 19.5. The van der Waals surface area contributed by atoms with Crippen molar-refractivity contribution in [2.75, 3.05) is 10.6 Å². The molecule has 2 aromatic heterocycles. The Morgan fingerprint density at radius 3 is 2.54 bits per heavy atom. The number of aromatic nitrogens is 2. The lowest BCUT2D eigenvalue weighted by Crippen LogP contribution is -2.18. The molecule has 4 aromatic rings. The van der Waals surface area contributed by atoms with Crippen molar-refractivity contribution < 1.29 is 14.0 Å². The monoisotopic (exact) mass is 392 g/mol. The third-order valence-electron chi connectivity index (χ3n) is 3.93. The Hall–Kier alpha value is -3.65. The standard InChI is InChI=1S/C20H13FN4O2S/c21-13-5-6-16-17(11-13)28-20(24-16)25-19(27)14-3-1-2-4-15(14)23-18(26)12-7-9-22-10-8-12/h1-11H,(H,23,26)(H,24,25,27). The number of rotatable bonds is 4. The van der Waals surface area contributed by atoms with E-state index in [1.807, 2.05) is 0 Å². The van der Waals surface area contributed by atoms with Crippen LogP contribution in [0.15, 0.2) is 67.0 Å². The van der Waals surface area contributed by atoms with Crippen molar-refractivity contribution >= 4 is 44.2 Å². The fourth-order valence-electron chi connectivity index (χ4n) is 2.60. The van der Waals surface area contributed by atoms with Crippen molar-refractivity contribution in [2.24, 2.45) is 0 Å². The molecule has 0 saturated heterocycles. The van der Waals surface area contributed by atoms with Gasteiger partial charge in [-0.15, -0.1) is 0 Å². The summed E-state index contributed by atoms with van der Waals surface area (Å²) in [4.78, 5) is 33.3. The molecule has 0 radical (unpaired) electrons. The van der Waals surface area contributed by atoms with E-state index in [1.54, 1.807) is 42.5 Å². The van der Waals surface area contributed by atoms with Crippen LogP contribution in [0.5, 0.6) is 0 Å². The minimum Gasteiger partial charge on any atom is -0.321 e. The van der Waals surface area contributed by atoms with Crippen LogP contribution in [0.1, 0.15) is 20.7 Å². The maximum absolute atomic E-state index is 13.3. The van der Waals surface area contributed by atoms with E-state index < -0.39 is 5.91 Å². The molecule has 0 aliphatic heterocycles. The zero-order valence-electron chi connectivity index (χ0n) is 14.3. The first-order valence-electron chi connectivity index (χ1n) is 8.28. The molecule has 0 bridgehead atoms. The van der Waals surface area contributed by atoms with Gasteiger partial charge in [-0.2, -0.15) is 0 Å². The van der Waals surface area contributed by atoms with Crippen molar-refractivity contribution in [1.82, 2.24) is 9.97 Å². The largest absolute Gasteiger partial charge is 0.321 e. The summed E-state index contributed by atoms with van der Waals surface area (Å²) in [6, 6.07) is 14.1. The van der Waals surface area contributed by atoms with Crippen molar-refractivity contribution in [1.29, 1.82) is 0 Å². The number of amides is 2. The lowest BCUT2D eigenvalue weighted by Gasteiger charge is -2.10. The number of nitrogens with zero attached hydrogens (tertiary/aromatic N) is 2. The number of benzene rings is 2. The quantitative estimate of drug-likeness (QED) is 0.541. The summed E-state index contributed by atoms with van der Waals surface area (Å²) < 4.78 is 14.0. The maximum Gasteiger partial charge on any atom is 0.259 e. The number of hydrogen-bond donors (Lipinski definition) is 2. The smallest absolute Gasteiger partial charge is 0.259 e. The summed E-state index contributed by atoms with van der Waals surface area (Å²) in [7, 11) is 0. The Bertz CT molecular complexity index is 1180. The van der Waals surface area contributed by atoms with Crippen LogP contribution in [0.3, 0.4) is 0 Å². The number of thiazole rings is 1. The Morgan fingerprint density at radius 2 is 1.71 bits per heavy atom. The number of carbonyl (C=O) groups excluding carboxylic acids is 2. The van der Waals surface area contributed by atoms with Gasteiger partial charge in [0.1, 0.15) is 5.82 Å². The number of anilines is 2. The first-order valence-corrected chi connectivity index (χ1v) is 9.09. The summed E-state index contributed by atoms with van der Waals surface area (Å²) in [5.74, 6) is -1.14. The molecule has 8 heteroatoms. The highest BCUT2D eigenvalue weighted by atomic mass is 32.1. The number of hydrogen-bond acceptors (Lipinski definition) is 5. The van der Waals surface area contributed by atoms with Crippen LogP contribution >= 0.6 is 11.3 Å². The Morgan fingerprint density at radius 1 is 0.929 bits per heavy atom. The molecule has 2 N–H and O–H groups in total. The lowest BCUT2D eigenvalue weighted by molar-refractivity contribution is 0.102. The van der Waals surface area contributed by atoms with E-state index in [0.717, 1.165) is 0 Å². The van der Waals surface area contributed by atoms with Crippen LogP contribution in [-0.4, -0.2) is 21.8 Å². The third-order valence-corrected chi connectivity index (χ3v) is 4.87. The second-order valence-electron chi connectivity index (χ2n) is 5.82. The molecule has 2 amide bonds. The van der Waals surface area contributed by atoms with Gasteiger partial charge in [-0.25, -0.2) is 9.37 Å². The molecule has 0 aliphatic rings. The number of fused-ring (bicyclic) bond motifs is 1. The van der Waals surface area contributed by atoms with E-state index in [2.05, 4.69) is 20.6 Å². The van der Waals surface area contributed by atoms with E-state index in [0.29, 0.717) is 26.6 Å². The van der Waals surface area contributed by atoms with Crippen LogP contribution in [0.25, 0.3) is 10.2 Å². The van der Waals surface area contributed by atoms with Gasteiger partial charge in [0.2, 0.25) is 0 Å². The van der Waals surface area contributed by atoms with Gasteiger partial charge in [-0.1, -0.05) is 23.5 Å². The fraction of sp³-hybridized carbons (Fsp3) is 0. The highest BCUT2D eigenvalue weighted by Crippen LogP contribution is 2.27. The van der Waals surface area contributed by atoms with Gasteiger partial charge in [0, 0.05) is 18.0 Å². The number of halogens is 1. The summed E-state index contributed by atoms with van der Waals surface area (Å²) in [5, 5.41) is 5.79. The van der Waals surface area contributed by atoms with Crippen LogP contribution in [0.2, 0.25) is 0 Å². The highest BCUT2D eigenvalue weighted by molar-refractivity contribution is 7.22. The van der Waals surface area contributed by atoms with E-state index in [9.17, 15) is 14.0 Å². The summed E-state index contributed by atoms with van der Waals surface area (Å²) >= 11 is 1.17. The number of nitrogens with one attached hydrogen (secondary N) is 2. The molecule has 0 spiro atoms. The van der Waals surface area contributed by atoms with E-state index >= 15 is 0 Å². The molecule has 0 atom stereocenters. The Labute approximate surface area is 163 Å². The van der Waals surface area contributed by atoms with E-state index in [-0.39, 0.29) is 17.3 Å². The zero-order valence-corrected chi connectivity index (χ0v) is 15.2. The summed E-state index contributed by atoms with van der Waals surface area (Å²) in [6.07, 6.45) is 3.03. The molecule has 2 heterocycles. The van der Waals surface area contributed by atoms with Gasteiger partial charge in [0.15, 0.2) is 5.13 Å². The molecule has 0 unspecified atom stereocenters.